The van der Waals surface area contributed by atoms with Gasteiger partial charge in [-0.3, -0.25) is 0 Å². The summed E-state index contributed by atoms with van der Waals surface area (Å²) in [6, 6.07) is 40.0. The molecule has 1 aliphatic rings. The fourth-order valence-electron chi connectivity index (χ4n) is 5.86. The molecule has 0 aliphatic carbocycles. The van der Waals surface area contributed by atoms with E-state index in [1.54, 1.807) is 6.33 Å². The summed E-state index contributed by atoms with van der Waals surface area (Å²) in [5, 5.41) is 1.08. The quantitative estimate of drug-likeness (QED) is 0.202. The van der Waals surface area contributed by atoms with Crippen LogP contribution in [0.1, 0.15) is 24.0 Å². The highest BCUT2D eigenvalue weighted by atomic mass is 15.2. The Morgan fingerprint density at radius 2 is 1.26 bits per heavy atom. The molecule has 6 heteroatoms. The number of nitrogens with one attached hydrogen (secondary N) is 1. The minimum atomic E-state index is -0.184. The summed E-state index contributed by atoms with van der Waals surface area (Å²) in [5.41, 5.74) is 20.6. The number of aromatic nitrogens is 3. The molecule has 0 spiro atoms. The van der Waals surface area contributed by atoms with Crippen molar-refractivity contribution in [2.75, 3.05) is 18.0 Å². The number of piperidine rings is 1. The molecule has 3 heterocycles. The van der Waals surface area contributed by atoms with Crippen molar-refractivity contribution in [2.45, 2.75) is 31.3 Å². The zero-order valence-electron chi connectivity index (χ0n) is 24.4. The first-order valence-corrected chi connectivity index (χ1v) is 14.9. The third-order valence-electron chi connectivity index (χ3n) is 8.25. The lowest BCUT2D eigenvalue weighted by molar-refractivity contribution is 0.330. The molecular weight excluding hydrogens is 528 g/mol. The molecule has 1 aliphatic heterocycles. The molecule has 0 bridgehead atoms. The second-order valence-electron chi connectivity index (χ2n) is 11.3. The molecule has 5 N–H and O–H groups in total. The summed E-state index contributed by atoms with van der Waals surface area (Å²) >= 11 is 0. The Morgan fingerprint density at radius 1 is 0.674 bits per heavy atom. The first-order valence-electron chi connectivity index (χ1n) is 14.9. The molecule has 0 saturated carbocycles. The Bertz CT molecular complexity index is 1750. The molecule has 6 aromatic rings. The van der Waals surface area contributed by atoms with Crippen molar-refractivity contribution in [1.29, 1.82) is 0 Å². The summed E-state index contributed by atoms with van der Waals surface area (Å²) in [7, 11) is 0. The van der Waals surface area contributed by atoms with Gasteiger partial charge >= 0.3 is 0 Å². The number of nitrogens with zero attached hydrogens (tertiary/aromatic N) is 3. The summed E-state index contributed by atoms with van der Waals surface area (Å²) in [4.78, 5) is 14.3. The average Bonchev–Trinajstić information content (AvgIpc) is 3.56. The van der Waals surface area contributed by atoms with Crippen LogP contribution < -0.4 is 16.4 Å². The molecule has 4 aromatic carbocycles. The molecule has 0 unspecified atom stereocenters. The number of H-pyrrole nitrogens is 1. The normalized spacial score (nSPS) is 14.2. The number of anilines is 1. The maximum Gasteiger partial charge on any atom is 0.142 e. The zero-order chi connectivity index (χ0) is 29.5. The Hall–Kier alpha value is -4.78. The van der Waals surface area contributed by atoms with Crippen LogP contribution in [0, 0.1) is 0 Å². The van der Waals surface area contributed by atoms with E-state index in [4.69, 9.17) is 11.5 Å². The number of benzene rings is 4. The third-order valence-corrected chi connectivity index (χ3v) is 8.25. The van der Waals surface area contributed by atoms with Crippen LogP contribution in [0.4, 0.5) is 5.82 Å². The molecule has 1 saturated heterocycles. The van der Waals surface area contributed by atoms with Gasteiger partial charge < -0.3 is 21.4 Å². The number of nitrogens with two attached hydrogens (primary N) is 2. The fraction of sp³-hybridized carbons (Fsp3) is 0.189. The lowest BCUT2D eigenvalue weighted by Gasteiger charge is -2.40. The monoisotopic (exact) mass is 566 g/mol. The van der Waals surface area contributed by atoms with Gasteiger partial charge in [0, 0.05) is 31.4 Å². The van der Waals surface area contributed by atoms with Crippen molar-refractivity contribution in [2.24, 2.45) is 11.5 Å². The average molecular weight is 567 g/mol. The predicted molar refractivity (Wildman–Crippen MR) is 178 cm³/mol. The largest absolute Gasteiger partial charge is 0.356 e. The van der Waals surface area contributed by atoms with Gasteiger partial charge in [-0.25, -0.2) is 9.97 Å². The van der Waals surface area contributed by atoms with Gasteiger partial charge in [-0.2, -0.15) is 0 Å². The minimum absolute atomic E-state index is 0.184. The van der Waals surface area contributed by atoms with Crippen molar-refractivity contribution >= 4 is 16.9 Å². The smallest absolute Gasteiger partial charge is 0.142 e. The van der Waals surface area contributed by atoms with Crippen LogP contribution >= 0.6 is 0 Å². The van der Waals surface area contributed by atoms with Gasteiger partial charge in [-0.1, -0.05) is 103 Å². The van der Waals surface area contributed by atoms with Gasteiger partial charge in [0.1, 0.15) is 17.8 Å². The number of rotatable bonds is 6. The Labute approximate surface area is 253 Å². The zero-order valence-corrected chi connectivity index (χ0v) is 24.4. The molecule has 1 fully saturated rings. The van der Waals surface area contributed by atoms with E-state index in [1.165, 1.54) is 33.4 Å². The maximum atomic E-state index is 6.85. The number of fused-ring (bicyclic) bond motifs is 1. The molecule has 2 aromatic heterocycles. The van der Waals surface area contributed by atoms with Crippen LogP contribution in [0.3, 0.4) is 0 Å². The van der Waals surface area contributed by atoms with E-state index in [2.05, 4.69) is 98.7 Å². The SMILES string of the molecule is NC1(Cc2cccc(-c3ccccc3)c2)CCN(c2ncnc3[nH]ccc23)CC1.NCc1cccc(-c2ccccc2)c1. The lowest BCUT2D eigenvalue weighted by atomic mass is 9.82. The van der Waals surface area contributed by atoms with E-state index in [9.17, 15) is 0 Å². The summed E-state index contributed by atoms with van der Waals surface area (Å²) in [6.45, 7) is 2.42. The molecule has 7 rings (SSSR count). The van der Waals surface area contributed by atoms with Gasteiger partial charge in [-0.15, -0.1) is 0 Å². The summed E-state index contributed by atoms with van der Waals surface area (Å²) in [5.74, 6) is 1.00. The first-order chi connectivity index (χ1) is 21.1. The molecule has 216 valence electrons. The van der Waals surface area contributed by atoms with E-state index >= 15 is 0 Å². The second kappa shape index (κ2) is 13.0. The Morgan fingerprint density at radius 3 is 1.88 bits per heavy atom. The van der Waals surface area contributed by atoms with Crippen LogP contribution in [-0.2, 0) is 13.0 Å². The van der Waals surface area contributed by atoms with E-state index in [-0.39, 0.29) is 5.54 Å². The molecule has 0 atom stereocenters. The topological polar surface area (TPSA) is 96.8 Å². The lowest BCUT2D eigenvalue weighted by Crippen LogP contribution is -2.52. The number of hydrogen-bond donors (Lipinski definition) is 3. The standard InChI is InChI=1S/C24H25N5.C13H13N/c25-24(16-18-5-4-8-20(15-18)19-6-2-1-3-7-19)10-13-29(14-11-24)23-21-9-12-26-22(21)27-17-28-23;14-10-11-5-4-8-13(9-11)12-6-2-1-3-7-12/h1-9,12,15,17H,10-11,13-14,16,25H2,(H,26,27,28);1-9H,10,14H2. The van der Waals surface area contributed by atoms with Crippen LogP contribution in [0.25, 0.3) is 33.3 Å². The van der Waals surface area contributed by atoms with E-state index in [1.807, 2.05) is 42.6 Å². The Balaban J connectivity index is 0.000000197. The van der Waals surface area contributed by atoms with E-state index in [0.29, 0.717) is 6.54 Å². The van der Waals surface area contributed by atoms with Crippen LogP contribution in [0.5, 0.6) is 0 Å². The van der Waals surface area contributed by atoms with E-state index < -0.39 is 0 Å². The van der Waals surface area contributed by atoms with Crippen molar-refractivity contribution in [3.8, 4) is 22.3 Å². The fourth-order valence-corrected chi connectivity index (χ4v) is 5.86. The molecule has 0 radical (unpaired) electrons. The van der Waals surface area contributed by atoms with Gasteiger partial charge in [0.15, 0.2) is 0 Å². The van der Waals surface area contributed by atoms with Crippen LogP contribution in [0.2, 0.25) is 0 Å². The molecule has 0 amide bonds. The minimum Gasteiger partial charge on any atom is -0.356 e. The molecule has 43 heavy (non-hydrogen) atoms. The van der Waals surface area contributed by atoms with Gasteiger partial charge in [-0.05, 0) is 64.8 Å². The van der Waals surface area contributed by atoms with Gasteiger partial charge in [0.2, 0.25) is 0 Å². The van der Waals surface area contributed by atoms with Crippen molar-refractivity contribution in [3.05, 3.63) is 139 Å². The van der Waals surface area contributed by atoms with Crippen molar-refractivity contribution in [1.82, 2.24) is 15.0 Å². The van der Waals surface area contributed by atoms with Crippen molar-refractivity contribution in [3.63, 3.8) is 0 Å². The first kappa shape index (κ1) is 28.3. The van der Waals surface area contributed by atoms with Crippen LogP contribution in [-0.4, -0.2) is 33.6 Å². The number of hydrogen-bond acceptors (Lipinski definition) is 5. The third kappa shape index (κ3) is 6.83. The van der Waals surface area contributed by atoms with E-state index in [0.717, 1.165) is 49.2 Å². The Kier molecular flexibility index (Phi) is 8.59. The summed E-state index contributed by atoms with van der Waals surface area (Å²) < 4.78 is 0. The highest BCUT2D eigenvalue weighted by molar-refractivity contribution is 5.87. The number of aromatic amines is 1. The van der Waals surface area contributed by atoms with Gasteiger partial charge in [0.05, 0.1) is 5.39 Å². The molecular formula is C37H38N6. The second-order valence-corrected chi connectivity index (χ2v) is 11.3. The van der Waals surface area contributed by atoms with Crippen LogP contribution in [0.15, 0.2) is 128 Å². The van der Waals surface area contributed by atoms with Gasteiger partial charge in [0.25, 0.3) is 0 Å². The molecule has 6 nitrogen and oxygen atoms in total. The maximum absolute atomic E-state index is 6.85. The highest BCUT2D eigenvalue weighted by Crippen LogP contribution is 2.31. The summed E-state index contributed by atoms with van der Waals surface area (Å²) in [6.07, 6.45) is 6.33. The highest BCUT2D eigenvalue weighted by Gasteiger charge is 2.32. The van der Waals surface area contributed by atoms with Crippen molar-refractivity contribution < 1.29 is 0 Å². The predicted octanol–water partition coefficient (Wildman–Crippen LogP) is 6.98.